The summed E-state index contributed by atoms with van der Waals surface area (Å²) in [6.07, 6.45) is 0. The second kappa shape index (κ2) is 7.83. The van der Waals surface area contributed by atoms with Crippen LogP contribution in [0.5, 0.6) is 0 Å². The second-order valence-corrected chi connectivity index (χ2v) is 5.77. The zero-order valence-corrected chi connectivity index (χ0v) is 12.4. The average Bonchev–Trinajstić information content (AvgIpc) is 2.45. The fraction of sp³-hybridized carbons (Fsp3) is 0.417. The van der Waals surface area contributed by atoms with Gasteiger partial charge in [-0.2, -0.15) is 0 Å². The van der Waals surface area contributed by atoms with Crippen LogP contribution in [0.4, 0.5) is 0 Å². The number of ether oxygens (including phenoxy) is 1. The number of nitrogens with one attached hydrogen (secondary N) is 2. The van der Waals surface area contributed by atoms with Crippen LogP contribution in [-0.4, -0.2) is 41.7 Å². The standard InChI is InChI=1S/C12H20N4O3S/c1-14-12(13)15-9-10-4-3-5-11(8-10)20(17,18)16-6-7-19-2/h3-5,8,16H,6-7,9H2,1-2H3,(H3,13,14,15). The fourth-order valence-corrected chi connectivity index (χ4v) is 2.54. The van der Waals surface area contributed by atoms with Gasteiger partial charge in [-0.25, -0.2) is 13.1 Å². The highest BCUT2D eigenvalue weighted by Gasteiger charge is 2.13. The van der Waals surface area contributed by atoms with Crippen molar-refractivity contribution in [2.45, 2.75) is 11.4 Å². The topological polar surface area (TPSA) is 106 Å². The largest absolute Gasteiger partial charge is 0.383 e. The Morgan fingerprint density at radius 2 is 2.20 bits per heavy atom. The number of guanidine groups is 1. The van der Waals surface area contributed by atoms with Crippen molar-refractivity contribution in [2.24, 2.45) is 10.7 Å². The Kier molecular flexibility index (Phi) is 6.43. The molecule has 112 valence electrons. The Bertz CT molecular complexity index is 558. The number of methoxy groups -OCH3 is 1. The van der Waals surface area contributed by atoms with Crippen LogP contribution in [0, 0.1) is 0 Å². The molecule has 0 aliphatic heterocycles. The summed E-state index contributed by atoms with van der Waals surface area (Å²) >= 11 is 0. The van der Waals surface area contributed by atoms with Gasteiger partial charge in [-0.1, -0.05) is 12.1 Å². The molecule has 8 heteroatoms. The first-order valence-corrected chi connectivity index (χ1v) is 7.51. The summed E-state index contributed by atoms with van der Waals surface area (Å²) in [6, 6.07) is 6.62. The molecule has 1 rings (SSSR count). The Hall–Kier alpha value is -1.64. The lowest BCUT2D eigenvalue weighted by atomic mass is 10.2. The highest BCUT2D eigenvalue weighted by atomic mass is 32.2. The van der Waals surface area contributed by atoms with E-state index in [0.717, 1.165) is 5.56 Å². The molecule has 20 heavy (non-hydrogen) atoms. The van der Waals surface area contributed by atoms with Crippen molar-refractivity contribution in [3.63, 3.8) is 0 Å². The number of rotatable bonds is 7. The van der Waals surface area contributed by atoms with Crippen molar-refractivity contribution < 1.29 is 13.2 Å². The maximum Gasteiger partial charge on any atom is 0.240 e. The Balaban J connectivity index is 2.76. The maximum absolute atomic E-state index is 12.0. The molecule has 0 bridgehead atoms. The molecule has 0 aliphatic carbocycles. The van der Waals surface area contributed by atoms with Crippen molar-refractivity contribution in [1.29, 1.82) is 0 Å². The fourth-order valence-electron chi connectivity index (χ4n) is 1.46. The van der Waals surface area contributed by atoms with Crippen LogP contribution in [0.15, 0.2) is 34.2 Å². The van der Waals surface area contributed by atoms with Gasteiger partial charge in [0.1, 0.15) is 0 Å². The third kappa shape index (κ3) is 5.16. The minimum Gasteiger partial charge on any atom is -0.383 e. The number of hydrogen-bond acceptors (Lipinski definition) is 4. The van der Waals surface area contributed by atoms with E-state index >= 15 is 0 Å². The van der Waals surface area contributed by atoms with E-state index in [4.69, 9.17) is 10.5 Å². The van der Waals surface area contributed by atoms with E-state index in [2.05, 4.69) is 15.0 Å². The Morgan fingerprint density at radius 1 is 1.45 bits per heavy atom. The van der Waals surface area contributed by atoms with Gasteiger partial charge in [0.15, 0.2) is 5.96 Å². The Labute approximate surface area is 119 Å². The average molecular weight is 300 g/mol. The van der Waals surface area contributed by atoms with Gasteiger partial charge in [0.25, 0.3) is 0 Å². The molecule has 1 aromatic rings. The summed E-state index contributed by atoms with van der Waals surface area (Å²) in [4.78, 5) is 3.97. The summed E-state index contributed by atoms with van der Waals surface area (Å²) in [7, 11) is -0.432. The highest BCUT2D eigenvalue weighted by molar-refractivity contribution is 7.89. The van der Waals surface area contributed by atoms with Crippen LogP contribution in [0.1, 0.15) is 5.56 Å². The maximum atomic E-state index is 12.0. The van der Waals surface area contributed by atoms with Crippen molar-refractivity contribution in [2.75, 3.05) is 27.3 Å². The van der Waals surface area contributed by atoms with Gasteiger partial charge >= 0.3 is 0 Å². The van der Waals surface area contributed by atoms with Crippen LogP contribution in [-0.2, 0) is 21.3 Å². The number of hydrogen-bond donors (Lipinski definition) is 3. The van der Waals surface area contributed by atoms with Gasteiger partial charge in [-0.3, -0.25) is 4.99 Å². The normalized spacial score (nSPS) is 12.4. The van der Waals surface area contributed by atoms with Gasteiger partial charge in [0.2, 0.25) is 10.0 Å². The quantitative estimate of drug-likeness (QED) is 0.362. The van der Waals surface area contributed by atoms with Crippen LogP contribution < -0.4 is 15.8 Å². The summed E-state index contributed by atoms with van der Waals surface area (Å²) in [6.45, 7) is 0.964. The third-order valence-corrected chi connectivity index (χ3v) is 3.98. The number of benzene rings is 1. The number of nitrogens with zero attached hydrogens (tertiary/aromatic N) is 1. The van der Waals surface area contributed by atoms with E-state index in [0.29, 0.717) is 19.1 Å². The Morgan fingerprint density at radius 3 is 2.85 bits per heavy atom. The molecule has 0 fully saturated rings. The lowest BCUT2D eigenvalue weighted by Gasteiger charge is -2.09. The molecule has 0 aromatic heterocycles. The molecule has 0 saturated heterocycles. The molecule has 0 saturated carbocycles. The van der Waals surface area contributed by atoms with Crippen LogP contribution in [0.3, 0.4) is 0 Å². The molecule has 0 radical (unpaired) electrons. The third-order valence-electron chi connectivity index (χ3n) is 2.52. The lowest BCUT2D eigenvalue weighted by molar-refractivity contribution is 0.204. The van der Waals surface area contributed by atoms with Crippen molar-refractivity contribution in [1.82, 2.24) is 10.0 Å². The van der Waals surface area contributed by atoms with E-state index in [1.54, 1.807) is 19.2 Å². The van der Waals surface area contributed by atoms with Crippen molar-refractivity contribution >= 4 is 16.0 Å². The van der Waals surface area contributed by atoms with Gasteiger partial charge in [0.05, 0.1) is 11.5 Å². The zero-order chi connectivity index (χ0) is 15.0. The van der Waals surface area contributed by atoms with E-state index < -0.39 is 10.0 Å². The smallest absolute Gasteiger partial charge is 0.240 e. The number of sulfonamides is 1. The van der Waals surface area contributed by atoms with Crippen LogP contribution in [0.25, 0.3) is 0 Å². The van der Waals surface area contributed by atoms with Crippen molar-refractivity contribution in [3.05, 3.63) is 29.8 Å². The molecule has 0 amide bonds. The first-order valence-electron chi connectivity index (χ1n) is 6.03. The van der Waals surface area contributed by atoms with E-state index in [1.165, 1.54) is 13.2 Å². The molecular formula is C12H20N4O3S. The minimum absolute atomic E-state index is 0.208. The molecule has 0 heterocycles. The second-order valence-electron chi connectivity index (χ2n) is 4.00. The molecule has 7 nitrogen and oxygen atoms in total. The lowest BCUT2D eigenvalue weighted by Crippen LogP contribution is -2.31. The highest BCUT2D eigenvalue weighted by Crippen LogP contribution is 2.11. The van der Waals surface area contributed by atoms with Gasteiger partial charge in [-0.05, 0) is 17.7 Å². The van der Waals surface area contributed by atoms with Gasteiger partial charge in [-0.15, -0.1) is 0 Å². The SMILES string of the molecule is CN=C(N)NCc1cccc(S(=O)(=O)NCCOC)c1. The first kappa shape index (κ1) is 16.4. The molecule has 0 spiro atoms. The predicted molar refractivity (Wildman–Crippen MR) is 77.9 cm³/mol. The van der Waals surface area contributed by atoms with Crippen LogP contribution >= 0.6 is 0 Å². The molecule has 0 unspecified atom stereocenters. The van der Waals surface area contributed by atoms with E-state index in [-0.39, 0.29) is 11.4 Å². The summed E-state index contributed by atoms with van der Waals surface area (Å²) in [5.41, 5.74) is 6.32. The van der Waals surface area contributed by atoms with E-state index in [9.17, 15) is 8.42 Å². The zero-order valence-electron chi connectivity index (χ0n) is 11.6. The molecule has 0 aliphatic rings. The van der Waals surface area contributed by atoms with Gasteiger partial charge in [0, 0.05) is 27.2 Å². The number of aliphatic imine (C=N–C) groups is 1. The van der Waals surface area contributed by atoms with E-state index in [1.807, 2.05) is 6.07 Å². The minimum atomic E-state index is -3.52. The first-order chi connectivity index (χ1) is 9.49. The summed E-state index contributed by atoms with van der Waals surface area (Å²) in [5, 5.41) is 2.87. The monoisotopic (exact) mass is 300 g/mol. The van der Waals surface area contributed by atoms with Crippen LogP contribution in [0.2, 0.25) is 0 Å². The molecule has 1 aromatic carbocycles. The summed E-state index contributed by atoms with van der Waals surface area (Å²) < 4.78 is 31.3. The molecule has 0 atom stereocenters. The predicted octanol–water partition coefficient (Wildman–Crippen LogP) is -0.355. The number of nitrogens with two attached hydrogens (primary N) is 1. The van der Waals surface area contributed by atoms with Crippen molar-refractivity contribution in [3.8, 4) is 0 Å². The molecule has 4 N–H and O–H groups in total. The molecular weight excluding hydrogens is 280 g/mol. The summed E-state index contributed by atoms with van der Waals surface area (Å²) in [5.74, 6) is 0.302. The van der Waals surface area contributed by atoms with Gasteiger partial charge < -0.3 is 15.8 Å².